The maximum atomic E-state index is 12.8. The number of carbonyl (C=O) groups excluding carboxylic acids is 1. The summed E-state index contributed by atoms with van der Waals surface area (Å²) in [5.74, 6) is 0.447. The highest BCUT2D eigenvalue weighted by atomic mass is 32.2. The quantitative estimate of drug-likeness (QED) is 0.828. The first-order valence-electron chi connectivity index (χ1n) is 9.73. The van der Waals surface area contributed by atoms with Crippen molar-refractivity contribution >= 4 is 15.7 Å². The number of aromatic amines is 1. The largest absolute Gasteiger partial charge is 0.341 e. The van der Waals surface area contributed by atoms with Gasteiger partial charge in [0.1, 0.15) is 0 Å². The molecule has 0 spiro atoms. The lowest BCUT2D eigenvalue weighted by Crippen LogP contribution is -2.44. The Morgan fingerprint density at radius 2 is 2.00 bits per heavy atom. The molecular formula is C20H26N4O3S. The highest BCUT2D eigenvalue weighted by Gasteiger charge is 2.32. The molecule has 8 heteroatoms. The number of nitrogens with zero attached hydrogens (tertiary/aromatic N) is 3. The Hall–Kier alpha value is -2.19. The van der Waals surface area contributed by atoms with E-state index in [4.69, 9.17) is 0 Å². The van der Waals surface area contributed by atoms with Crippen LogP contribution in [0.1, 0.15) is 17.7 Å². The number of likely N-dealkylation sites (N-methyl/N-ethyl adjacent to an activating group) is 1. The van der Waals surface area contributed by atoms with Crippen LogP contribution in [0.5, 0.6) is 0 Å². The van der Waals surface area contributed by atoms with Gasteiger partial charge in [-0.25, -0.2) is 8.42 Å². The van der Waals surface area contributed by atoms with E-state index >= 15 is 0 Å². The minimum Gasteiger partial charge on any atom is -0.341 e. The van der Waals surface area contributed by atoms with Gasteiger partial charge in [0.05, 0.1) is 23.7 Å². The Morgan fingerprint density at radius 1 is 1.25 bits per heavy atom. The minimum absolute atomic E-state index is 0.0532. The molecule has 1 aromatic carbocycles. The van der Waals surface area contributed by atoms with Gasteiger partial charge in [0.15, 0.2) is 9.84 Å². The second-order valence-electron chi connectivity index (χ2n) is 7.75. The summed E-state index contributed by atoms with van der Waals surface area (Å²) in [6.45, 7) is 1.57. The summed E-state index contributed by atoms with van der Waals surface area (Å²) in [5, 5.41) is 7.65. The molecule has 1 fully saturated rings. The maximum absolute atomic E-state index is 12.8. The van der Waals surface area contributed by atoms with Gasteiger partial charge in [0.25, 0.3) is 0 Å². The fourth-order valence-corrected chi connectivity index (χ4v) is 5.94. The zero-order valence-corrected chi connectivity index (χ0v) is 16.9. The number of sulfone groups is 1. The van der Waals surface area contributed by atoms with Crippen molar-refractivity contribution in [1.82, 2.24) is 20.0 Å². The molecule has 1 atom stereocenters. The molecule has 0 bridgehead atoms. The van der Waals surface area contributed by atoms with Crippen molar-refractivity contribution in [1.29, 1.82) is 0 Å². The summed E-state index contributed by atoms with van der Waals surface area (Å²) in [6, 6.07) is 10.0. The van der Waals surface area contributed by atoms with Crippen LogP contribution in [0.25, 0.3) is 11.3 Å². The summed E-state index contributed by atoms with van der Waals surface area (Å²) < 4.78 is 23.4. The molecule has 2 aliphatic heterocycles. The molecule has 0 radical (unpaired) electrons. The molecule has 150 valence electrons. The predicted octanol–water partition coefficient (Wildman–Crippen LogP) is 1.12. The number of carbonyl (C=O) groups is 1. The summed E-state index contributed by atoms with van der Waals surface area (Å²) in [7, 11) is -1.10. The minimum atomic E-state index is -2.94. The third kappa shape index (κ3) is 3.98. The Labute approximate surface area is 165 Å². The lowest BCUT2D eigenvalue weighted by molar-refractivity contribution is -0.132. The molecule has 1 aromatic heterocycles. The third-order valence-electron chi connectivity index (χ3n) is 5.83. The number of amides is 1. The van der Waals surface area contributed by atoms with E-state index in [1.807, 2.05) is 35.0 Å². The van der Waals surface area contributed by atoms with Crippen LogP contribution in [0.4, 0.5) is 0 Å². The predicted molar refractivity (Wildman–Crippen MR) is 108 cm³/mol. The fourth-order valence-electron chi connectivity index (χ4n) is 4.13. The Kier molecular flexibility index (Phi) is 5.25. The van der Waals surface area contributed by atoms with E-state index < -0.39 is 9.84 Å². The fraction of sp³-hybridized carbons (Fsp3) is 0.500. The van der Waals surface area contributed by atoms with E-state index in [0.717, 1.165) is 29.8 Å². The smallest absolute Gasteiger partial charge is 0.236 e. The van der Waals surface area contributed by atoms with Crippen molar-refractivity contribution in [3.8, 4) is 11.3 Å². The van der Waals surface area contributed by atoms with Gasteiger partial charge in [0, 0.05) is 42.4 Å². The van der Waals surface area contributed by atoms with Gasteiger partial charge in [-0.1, -0.05) is 30.3 Å². The van der Waals surface area contributed by atoms with Crippen LogP contribution >= 0.6 is 0 Å². The van der Waals surface area contributed by atoms with Gasteiger partial charge in [-0.2, -0.15) is 5.10 Å². The summed E-state index contributed by atoms with van der Waals surface area (Å²) in [5.41, 5.74) is 4.35. The van der Waals surface area contributed by atoms with E-state index in [9.17, 15) is 13.2 Å². The van der Waals surface area contributed by atoms with Crippen LogP contribution in [-0.4, -0.2) is 78.6 Å². The molecule has 0 saturated carbocycles. The number of aromatic nitrogens is 2. The number of nitrogens with one attached hydrogen (secondary N) is 1. The van der Waals surface area contributed by atoms with Crippen LogP contribution < -0.4 is 0 Å². The van der Waals surface area contributed by atoms with E-state index in [-0.39, 0.29) is 30.0 Å². The van der Waals surface area contributed by atoms with Gasteiger partial charge < -0.3 is 4.90 Å². The maximum Gasteiger partial charge on any atom is 0.236 e. The number of hydrogen-bond donors (Lipinski definition) is 1. The average Bonchev–Trinajstić information content (AvgIpc) is 3.18. The van der Waals surface area contributed by atoms with Crippen molar-refractivity contribution in [2.24, 2.45) is 0 Å². The van der Waals surface area contributed by atoms with Gasteiger partial charge in [-0.3, -0.25) is 14.8 Å². The molecule has 1 unspecified atom stereocenters. The van der Waals surface area contributed by atoms with Crippen molar-refractivity contribution in [3.63, 3.8) is 0 Å². The molecular weight excluding hydrogens is 376 g/mol. The molecule has 7 nitrogen and oxygen atoms in total. The van der Waals surface area contributed by atoms with Crippen LogP contribution in [0.2, 0.25) is 0 Å². The second-order valence-corrected chi connectivity index (χ2v) is 9.98. The molecule has 1 amide bonds. The molecule has 28 heavy (non-hydrogen) atoms. The molecule has 2 aliphatic rings. The Bertz CT molecular complexity index is 955. The summed E-state index contributed by atoms with van der Waals surface area (Å²) in [6.07, 6.45) is 2.13. The van der Waals surface area contributed by atoms with Crippen LogP contribution in [-0.2, 0) is 27.5 Å². The molecule has 1 saturated heterocycles. The first-order valence-corrected chi connectivity index (χ1v) is 11.5. The number of fused-ring (bicyclic) bond motifs is 1. The number of hydrogen-bond acceptors (Lipinski definition) is 5. The third-order valence-corrected chi connectivity index (χ3v) is 7.58. The lowest BCUT2D eigenvalue weighted by atomic mass is 10.0. The lowest BCUT2D eigenvalue weighted by Gasteiger charge is -2.27. The summed E-state index contributed by atoms with van der Waals surface area (Å²) >= 11 is 0. The zero-order valence-electron chi connectivity index (χ0n) is 16.1. The standard InChI is InChI=1S/C20H26N4O3S/c1-23(16-9-12-28(26,27)14-16)13-19(25)24-10-7-17-18(8-11-24)21-22-20(17)15-5-3-2-4-6-15/h2-6,16H,7-14H2,1H3,(H,21,22). The van der Waals surface area contributed by atoms with Crippen molar-refractivity contribution in [2.75, 3.05) is 38.2 Å². The van der Waals surface area contributed by atoms with Crippen LogP contribution in [0.15, 0.2) is 30.3 Å². The normalized spacial score (nSPS) is 21.5. The van der Waals surface area contributed by atoms with Gasteiger partial charge in [-0.15, -0.1) is 0 Å². The second kappa shape index (κ2) is 7.67. The monoisotopic (exact) mass is 402 g/mol. The number of benzene rings is 1. The van der Waals surface area contributed by atoms with Gasteiger partial charge in [0.2, 0.25) is 5.91 Å². The van der Waals surface area contributed by atoms with Crippen LogP contribution in [0.3, 0.4) is 0 Å². The first-order chi connectivity index (χ1) is 13.4. The van der Waals surface area contributed by atoms with Crippen molar-refractivity contribution < 1.29 is 13.2 Å². The van der Waals surface area contributed by atoms with E-state index in [2.05, 4.69) is 22.3 Å². The molecule has 1 N–H and O–H groups in total. The van der Waals surface area contributed by atoms with Gasteiger partial charge >= 0.3 is 0 Å². The SMILES string of the molecule is CN(CC(=O)N1CCc2[nH]nc(-c3ccccc3)c2CC1)C1CCS(=O)(=O)C1. The average molecular weight is 403 g/mol. The Morgan fingerprint density at radius 3 is 2.71 bits per heavy atom. The molecule has 4 rings (SSSR count). The van der Waals surface area contributed by atoms with Crippen molar-refractivity contribution in [3.05, 3.63) is 41.6 Å². The van der Waals surface area contributed by atoms with E-state index in [1.54, 1.807) is 0 Å². The number of H-pyrrole nitrogens is 1. The van der Waals surface area contributed by atoms with E-state index in [0.29, 0.717) is 19.5 Å². The van der Waals surface area contributed by atoms with Crippen molar-refractivity contribution in [2.45, 2.75) is 25.3 Å². The first kappa shape index (κ1) is 19.1. The highest BCUT2D eigenvalue weighted by molar-refractivity contribution is 7.91. The topological polar surface area (TPSA) is 86.4 Å². The Balaban J connectivity index is 1.40. The van der Waals surface area contributed by atoms with Gasteiger partial charge in [-0.05, 0) is 19.9 Å². The van der Waals surface area contributed by atoms with Crippen LogP contribution in [0, 0.1) is 0 Å². The number of rotatable bonds is 4. The highest BCUT2D eigenvalue weighted by Crippen LogP contribution is 2.26. The molecule has 0 aliphatic carbocycles. The zero-order chi connectivity index (χ0) is 19.7. The van der Waals surface area contributed by atoms with E-state index in [1.165, 1.54) is 5.56 Å². The molecule has 3 heterocycles. The summed E-state index contributed by atoms with van der Waals surface area (Å²) in [4.78, 5) is 16.6. The molecule has 2 aromatic rings.